The van der Waals surface area contributed by atoms with Gasteiger partial charge in [-0.25, -0.2) is 4.99 Å². The first-order valence-electron chi connectivity index (χ1n) is 8.14. The lowest BCUT2D eigenvalue weighted by Crippen LogP contribution is -2.39. The minimum Gasteiger partial charge on any atom is -0.386 e. The van der Waals surface area contributed by atoms with Crippen LogP contribution in [0.1, 0.15) is 29.0 Å². The molecule has 1 heterocycles. The van der Waals surface area contributed by atoms with Crippen LogP contribution in [0.5, 0.6) is 0 Å². The van der Waals surface area contributed by atoms with Crippen LogP contribution in [0.2, 0.25) is 4.34 Å². The summed E-state index contributed by atoms with van der Waals surface area (Å²) in [6, 6.07) is 11.8. The first-order valence-corrected chi connectivity index (χ1v) is 9.34. The van der Waals surface area contributed by atoms with E-state index in [0.717, 1.165) is 22.5 Å². The molecule has 0 aliphatic carbocycles. The second kappa shape index (κ2) is 10.4. The van der Waals surface area contributed by atoms with Crippen LogP contribution in [0.15, 0.2) is 41.4 Å². The Morgan fingerprint density at radius 2 is 1.92 bits per heavy atom. The molecule has 0 spiro atoms. The highest BCUT2D eigenvalue weighted by Crippen LogP contribution is 2.26. The molecule has 2 rings (SSSR count). The van der Waals surface area contributed by atoms with Gasteiger partial charge in [-0.2, -0.15) is 0 Å². The highest BCUT2D eigenvalue weighted by molar-refractivity contribution is 7.16. The van der Waals surface area contributed by atoms with E-state index in [1.807, 2.05) is 37.3 Å². The first-order chi connectivity index (χ1) is 12.1. The molecule has 3 N–H and O–H groups in total. The Bertz CT molecular complexity index is 673. The van der Waals surface area contributed by atoms with Crippen molar-refractivity contribution >= 4 is 28.9 Å². The topological polar surface area (TPSA) is 65.9 Å². The average Bonchev–Trinajstić information content (AvgIpc) is 3.05. The maximum atomic E-state index is 10.2. The van der Waals surface area contributed by atoms with Crippen LogP contribution in [0, 0.1) is 0 Å². The predicted molar refractivity (Wildman–Crippen MR) is 104 cm³/mol. The van der Waals surface area contributed by atoms with Gasteiger partial charge in [-0.3, -0.25) is 0 Å². The van der Waals surface area contributed by atoms with Gasteiger partial charge in [0.25, 0.3) is 0 Å². The zero-order chi connectivity index (χ0) is 18.1. The molecule has 0 amide bonds. The third-order valence-electron chi connectivity index (χ3n) is 3.48. The van der Waals surface area contributed by atoms with Gasteiger partial charge in [0.1, 0.15) is 6.10 Å². The first kappa shape index (κ1) is 19.7. The summed E-state index contributed by atoms with van der Waals surface area (Å²) < 4.78 is 5.78. The Morgan fingerprint density at radius 3 is 2.52 bits per heavy atom. The van der Waals surface area contributed by atoms with Crippen molar-refractivity contribution in [1.29, 1.82) is 0 Å². The number of nitrogens with zero attached hydrogens (tertiary/aromatic N) is 1. The Labute approximate surface area is 157 Å². The van der Waals surface area contributed by atoms with Crippen molar-refractivity contribution in [3.8, 4) is 0 Å². The van der Waals surface area contributed by atoms with E-state index in [1.54, 1.807) is 13.2 Å². The minimum atomic E-state index is -0.616. The fourth-order valence-corrected chi connectivity index (χ4v) is 3.27. The van der Waals surface area contributed by atoms with Crippen LogP contribution in [-0.4, -0.2) is 31.3 Å². The van der Waals surface area contributed by atoms with E-state index in [-0.39, 0.29) is 0 Å². The number of thiophene rings is 1. The van der Waals surface area contributed by atoms with Gasteiger partial charge in [0, 0.05) is 25.1 Å². The zero-order valence-corrected chi connectivity index (χ0v) is 16.0. The number of hydrogen-bond donors (Lipinski definition) is 3. The largest absolute Gasteiger partial charge is 0.386 e. The van der Waals surface area contributed by atoms with Crippen LogP contribution in [0.25, 0.3) is 0 Å². The molecule has 0 radical (unpaired) electrons. The molecule has 1 atom stereocenters. The minimum absolute atomic E-state index is 0.370. The summed E-state index contributed by atoms with van der Waals surface area (Å²) >= 11 is 7.29. The molecule has 0 bridgehead atoms. The number of rotatable bonds is 8. The molecule has 1 unspecified atom stereocenters. The van der Waals surface area contributed by atoms with Crippen molar-refractivity contribution in [2.45, 2.75) is 26.2 Å². The molecule has 25 heavy (non-hydrogen) atoms. The number of methoxy groups -OCH3 is 1. The third kappa shape index (κ3) is 6.66. The maximum absolute atomic E-state index is 10.2. The van der Waals surface area contributed by atoms with E-state index in [1.165, 1.54) is 11.3 Å². The van der Waals surface area contributed by atoms with Crippen molar-refractivity contribution in [1.82, 2.24) is 10.6 Å². The lowest BCUT2D eigenvalue weighted by Gasteiger charge is -2.14. The maximum Gasteiger partial charge on any atom is 0.191 e. The van der Waals surface area contributed by atoms with Crippen LogP contribution >= 0.6 is 22.9 Å². The van der Waals surface area contributed by atoms with Gasteiger partial charge in [0.15, 0.2) is 5.96 Å². The summed E-state index contributed by atoms with van der Waals surface area (Å²) in [6.07, 6.45) is -0.616. The Hall–Kier alpha value is -1.60. The third-order valence-corrected chi connectivity index (χ3v) is 4.82. The SMILES string of the molecule is CCNC(=NCc1ccc(COC)cc1)NCC(O)c1ccc(Cl)s1. The predicted octanol–water partition coefficient (Wildman–Crippen LogP) is 3.34. The van der Waals surface area contributed by atoms with Crippen molar-refractivity contribution in [3.05, 3.63) is 56.7 Å². The van der Waals surface area contributed by atoms with Crippen LogP contribution < -0.4 is 10.6 Å². The van der Waals surface area contributed by atoms with Crippen LogP contribution in [0.3, 0.4) is 0 Å². The smallest absolute Gasteiger partial charge is 0.191 e. The standard InChI is InChI=1S/C18H24ClN3O2S/c1-3-20-18(22-11-15(23)16-8-9-17(19)25-16)21-10-13-4-6-14(7-5-13)12-24-2/h4-9,15,23H,3,10-12H2,1-2H3,(H2,20,21,22). The monoisotopic (exact) mass is 381 g/mol. The second-order valence-corrected chi connectivity index (χ2v) is 7.23. The highest BCUT2D eigenvalue weighted by atomic mass is 35.5. The van der Waals surface area contributed by atoms with Crippen molar-refractivity contribution in [3.63, 3.8) is 0 Å². The molecule has 136 valence electrons. The molecule has 0 aliphatic heterocycles. The number of ether oxygens (including phenoxy) is 1. The highest BCUT2D eigenvalue weighted by Gasteiger charge is 2.10. The van der Waals surface area contributed by atoms with E-state index in [9.17, 15) is 5.11 Å². The lowest BCUT2D eigenvalue weighted by molar-refractivity contribution is 0.184. The molecule has 7 heteroatoms. The van der Waals surface area contributed by atoms with E-state index in [0.29, 0.717) is 30.0 Å². The molecule has 0 saturated heterocycles. The molecule has 1 aromatic carbocycles. The molecule has 1 aromatic heterocycles. The van der Waals surface area contributed by atoms with Gasteiger partial charge in [-0.15, -0.1) is 11.3 Å². The summed E-state index contributed by atoms with van der Waals surface area (Å²) in [4.78, 5) is 5.39. The Balaban J connectivity index is 1.91. The number of guanidine groups is 1. The van der Waals surface area contributed by atoms with Crippen LogP contribution in [0.4, 0.5) is 0 Å². The van der Waals surface area contributed by atoms with Gasteiger partial charge in [0.05, 0.1) is 17.5 Å². The van der Waals surface area contributed by atoms with Gasteiger partial charge >= 0.3 is 0 Å². The van der Waals surface area contributed by atoms with Crippen LogP contribution in [-0.2, 0) is 17.9 Å². The van der Waals surface area contributed by atoms with E-state index in [4.69, 9.17) is 16.3 Å². The number of benzene rings is 1. The number of aliphatic hydroxyl groups is 1. The number of halogens is 1. The summed E-state index contributed by atoms with van der Waals surface area (Å²) in [5.74, 6) is 0.671. The molecule has 0 fully saturated rings. The number of aliphatic hydroxyl groups excluding tert-OH is 1. The van der Waals surface area contributed by atoms with E-state index >= 15 is 0 Å². The normalized spacial score (nSPS) is 12.9. The summed E-state index contributed by atoms with van der Waals surface area (Å²) in [5.41, 5.74) is 2.25. The zero-order valence-electron chi connectivity index (χ0n) is 14.5. The number of hydrogen-bond acceptors (Lipinski definition) is 4. The number of aliphatic imine (C=N–C) groups is 1. The van der Waals surface area contributed by atoms with E-state index in [2.05, 4.69) is 15.6 Å². The molecule has 2 aromatic rings. The van der Waals surface area contributed by atoms with Crippen molar-refractivity contribution in [2.24, 2.45) is 4.99 Å². The quantitative estimate of drug-likeness (QED) is 0.484. The fraction of sp³-hybridized carbons (Fsp3) is 0.389. The Kier molecular flexibility index (Phi) is 8.21. The van der Waals surface area contributed by atoms with Crippen molar-refractivity contribution < 1.29 is 9.84 Å². The van der Waals surface area contributed by atoms with Gasteiger partial charge in [-0.05, 0) is 30.2 Å². The number of nitrogens with one attached hydrogen (secondary N) is 2. The molecule has 0 aliphatic rings. The summed E-state index contributed by atoms with van der Waals surface area (Å²) in [6.45, 7) is 4.29. The average molecular weight is 382 g/mol. The van der Waals surface area contributed by atoms with Crippen molar-refractivity contribution in [2.75, 3.05) is 20.2 Å². The molecule has 5 nitrogen and oxygen atoms in total. The lowest BCUT2D eigenvalue weighted by atomic mass is 10.1. The van der Waals surface area contributed by atoms with Gasteiger partial charge < -0.3 is 20.5 Å². The second-order valence-electron chi connectivity index (χ2n) is 5.48. The summed E-state index contributed by atoms with van der Waals surface area (Å²) in [7, 11) is 1.69. The van der Waals surface area contributed by atoms with E-state index < -0.39 is 6.10 Å². The molecular formula is C18H24ClN3O2S. The fourth-order valence-electron chi connectivity index (χ4n) is 2.22. The molecular weight excluding hydrogens is 358 g/mol. The van der Waals surface area contributed by atoms with Gasteiger partial charge in [-0.1, -0.05) is 35.9 Å². The molecule has 0 saturated carbocycles. The van der Waals surface area contributed by atoms with Gasteiger partial charge in [0.2, 0.25) is 0 Å². The summed E-state index contributed by atoms with van der Waals surface area (Å²) in [5, 5.41) is 16.6. The Morgan fingerprint density at radius 1 is 1.20 bits per heavy atom.